The monoisotopic (exact) mass is 238 g/mol. The molecule has 0 aliphatic rings. The average molecular weight is 237 g/mol. The molecule has 4 radical (unpaired) electrons. The molecule has 1 nitrogen and oxygen atoms in total. The average Bonchev–Trinajstić information content (AvgIpc) is 2.33. The van der Waals surface area contributed by atoms with Gasteiger partial charge in [0.25, 0.3) is 0 Å². The Labute approximate surface area is 76.0 Å². The molecule has 1 aromatic heterocycles. The van der Waals surface area contributed by atoms with Crippen LogP contribution in [-0.2, 0) is 0 Å². The number of benzene rings is 1. The first-order valence-corrected chi connectivity index (χ1v) is 2.89. The van der Waals surface area contributed by atoms with Crippen molar-refractivity contribution in [3.05, 3.63) is 36.6 Å². The third kappa shape index (κ3) is 1.19. The second-order valence-corrected chi connectivity index (χ2v) is 1.96. The molecule has 0 N–H and O–H groups in total. The molecule has 0 aliphatic heterocycles. The zero-order valence-corrected chi connectivity index (χ0v) is 8.23. The van der Waals surface area contributed by atoms with Crippen molar-refractivity contribution in [1.29, 1.82) is 0 Å². The Morgan fingerprint density at radius 2 is 1.80 bits per heavy atom. The fraction of sp³-hybridized carbons (Fsp3) is 0. The Kier molecular flexibility index (Phi) is 2.38. The van der Waals surface area contributed by atoms with Crippen molar-refractivity contribution in [2.45, 2.75) is 0 Å². The van der Waals surface area contributed by atoms with Crippen molar-refractivity contribution in [2.24, 2.45) is 0 Å². The molecule has 2 aromatic rings. The normalized spacial score (nSPS) is 9.20. The Morgan fingerprint density at radius 1 is 1.00 bits per heavy atom. The van der Waals surface area contributed by atoms with Gasteiger partial charge in [0.15, 0.2) is 0 Å². The number of fused-ring (bicyclic) bond motifs is 1. The molecule has 0 amide bonds. The van der Waals surface area contributed by atoms with E-state index in [1.54, 1.807) is 6.26 Å². The van der Waals surface area contributed by atoms with Crippen molar-refractivity contribution in [1.82, 2.24) is 0 Å². The Balaban J connectivity index is 0.000000500. The molecule has 0 unspecified atom stereocenters. The molecule has 2 rings (SSSR count). The van der Waals surface area contributed by atoms with Crippen LogP contribution in [0.15, 0.2) is 41.0 Å². The Bertz CT molecular complexity index is 283. The minimum absolute atomic E-state index is 0. The summed E-state index contributed by atoms with van der Waals surface area (Å²) in [6.45, 7) is 0. The van der Waals surface area contributed by atoms with E-state index in [-0.39, 0.29) is 23.9 Å². The molecule has 48 valence electrons. The summed E-state index contributed by atoms with van der Waals surface area (Å²) >= 11 is 0. The van der Waals surface area contributed by atoms with Gasteiger partial charge in [0, 0.05) is 29.3 Å². The van der Waals surface area contributed by atoms with E-state index in [4.69, 9.17) is 4.42 Å². The quantitative estimate of drug-likeness (QED) is 0.639. The standard InChI is InChI=1S/C8H6O.Sn/c1-2-4-8-7(3-1)5-6-9-8;/h1-6H;. The molecule has 0 bridgehead atoms. The van der Waals surface area contributed by atoms with Crippen molar-refractivity contribution in [3.63, 3.8) is 0 Å². The third-order valence-corrected chi connectivity index (χ3v) is 1.36. The summed E-state index contributed by atoms with van der Waals surface area (Å²) in [5, 5.41) is 1.16. The predicted octanol–water partition coefficient (Wildman–Crippen LogP) is 2.05. The van der Waals surface area contributed by atoms with E-state index in [1.165, 1.54) is 0 Å². The van der Waals surface area contributed by atoms with Crippen LogP contribution in [0.5, 0.6) is 0 Å². The smallest absolute Gasteiger partial charge is 0.133 e. The summed E-state index contributed by atoms with van der Waals surface area (Å²) in [4.78, 5) is 0. The van der Waals surface area contributed by atoms with Crippen LogP contribution in [0.25, 0.3) is 11.0 Å². The predicted molar refractivity (Wildman–Crippen MR) is 42.0 cm³/mol. The summed E-state index contributed by atoms with van der Waals surface area (Å²) < 4.78 is 5.12. The summed E-state index contributed by atoms with van der Waals surface area (Å²) in [5.74, 6) is 0. The van der Waals surface area contributed by atoms with Gasteiger partial charge >= 0.3 is 0 Å². The largest absolute Gasteiger partial charge is 0.464 e. The molecule has 0 atom stereocenters. The zero-order chi connectivity index (χ0) is 6.10. The fourth-order valence-corrected chi connectivity index (χ4v) is 0.906. The maximum absolute atomic E-state index is 5.12. The minimum Gasteiger partial charge on any atom is -0.464 e. The summed E-state index contributed by atoms with van der Waals surface area (Å²) in [7, 11) is 0. The van der Waals surface area contributed by atoms with Crippen LogP contribution in [0.3, 0.4) is 0 Å². The second-order valence-electron chi connectivity index (χ2n) is 1.96. The molecule has 0 aliphatic carbocycles. The topological polar surface area (TPSA) is 13.1 Å². The van der Waals surface area contributed by atoms with Crippen molar-refractivity contribution in [2.75, 3.05) is 0 Å². The van der Waals surface area contributed by atoms with Gasteiger partial charge in [-0.2, -0.15) is 0 Å². The van der Waals surface area contributed by atoms with E-state index in [2.05, 4.69) is 0 Å². The first-order chi connectivity index (χ1) is 4.47. The summed E-state index contributed by atoms with van der Waals surface area (Å²) in [6.07, 6.45) is 1.70. The van der Waals surface area contributed by atoms with Crippen LogP contribution in [-0.4, -0.2) is 23.9 Å². The first kappa shape index (κ1) is 7.66. The van der Waals surface area contributed by atoms with Crippen molar-refractivity contribution >= 4 is 34.9 Å². The van der Waals surface area contributed by atoms with Crippen LogP contribution < -0.4 is 0 Å². The number of hydrogen-bond donors (Lipinski definition) is 0. The zero-order valence-electron chi connectivity index (χ0n) is 5.37. The van der Waals surface area contributed by atoms with Gasteiger partial charge in [0.1, 0.15) is 5.58 Å². The fourth-order valence-electron chi connectivity index (χ4n) is 0.906. The molecule has 2 heteroatoms. The summed E-state index contributed by atoms with van der Waals surface area (Å²) in [5.41, 5.74) is 0.956. The van der Waals surface area contributed by atoms with E-state index in [9.17, 15) is 0 Å². The molecule has 0 fully saturated rings. The first-order valence-electron chi connectivity index (χ1n) is 2.89. The van der Waals surface area contributed by atoms with Gasteiger partial charge in [0.2, 0.25) is 0 Å². The SMILES string of the molecule is [Sn].c1ccc2occc2c1. The Morgan fingerprint density at radius 3 is 2.60 bits per heavy atom. The van der Waals surface area contributed by atoms with Crippen molar-refractivity contribution in [3.8, 4) is 0 Å². The van der Waals surface area contributed by atoms with Gasteiger partial charge in [-0.3, -0.25) is 0 Å². The van der Waals surface area contributed by atoms with Crippen LogP contribution >= 0.6 is 0 Å². The molecule has 1 heterocycles. The van der Waals surface area contributed by atoms with Gasteiger partial charge in [-0.15, -0.1) is 0 Å². The third-order valence-electron chi connectivity index (χ3n) is 1.36. The second kappa shape index (κ2) is 3.10. The minimum atomic E-state index is 0. The maximum Gasteiger partial charge on any atom is 0.133 e. The van der Waals surface area contributed by atoms with E-state index in [0.29, 0.717) is 0 Å². The van der Waals surface area contributed by atoms with Crippen molar-refractivity contribution < 1.29 is 4.42 Å². The molecular formula is C8H6OSn. The van der Waals surface area contributed by atoms with Crippen LogP contribution in [0.1, 0.15) is 0 Å². The van der Waals surface area contributed by atoms with Gasteiger partial charge in [-0.25, -0.2) is 0 Å². The van der Waals surface area contributed by atoms with E-state index in [0.717, 1.165) is 11.0 Å². The molecule has 0 saturated heterocycles. The van der Waals surface area contributed by atoms with E-state index in [1.807, 2.05) is 30.3 Å². The van der Waals surface area contributed by atoms with Crippen LogP contribution in [0, 0.1) is 0 Å². The summed E-state index contributed by atoms with van der Waals surface area (Å²) in [6, 6.07) is 9.90. The molecule has 0 spiro atoms. The van der Waals surface area contributed by atoms with E-state index < -0.39 is 0 Å². The number of hydrogen-bond acceptors (Lipinski definition) is 1. The van der Waals surface area contributed by atoms with Crippen LogP contribution in [0.4, 0.5) is 0 Å². The molecule has 10 heavy (non-hydrogen) atoms. The molecule has 1 aromatic carbocycles. The van der Waals surface area contributed by atoms with Gasteiger partial charge in [-0.05, 0) is 12.1 Å². The van der Waals surface area contributed by atoms with Gasteiger partial charge in [-0.1, -0.05) is 18.2 Å². The number of rotatable bonds is 0. The number of furan rings is 1. The van der Waals surface area contributed by atoms with Gasteiger partial charge in [0.05, 0.1) is 6.26 Å². The molecule has 0 saturated carbocycles. The Hall–Kier alpha value is -0.441. The van der Waals surface area contributed by atoms with Gasteiger partial charge < -0.3 is 4.42 Å². The van der Waals surface area contributed by atoms with E-state index >= 15 is 0 Å². The number of para-hydroxylation sites is 1. The van der Waals surface area contributed by atoms with Crippen LogP contribution in [0.2, 0.25) is 0 Å². The maximum atomic E-state index is 5.12. The molecular weight excluding hydrogens is 231 g/mol.